The van der Waals surface area contributed by atoms with E-state index in [-0.39, 0.29) is 17.7 Å². The highest BCUT2D eigenvalue weighted by Gasteiger charge is 2.30. The topological polar surface area (TPSA) is 69.7 Å². The van der Waals surface area contributed by atoms with Crippen LogP contribution in [-0.4, -0.2) is 25.1 Å². The van der Waals surface area contributed by atoms with E-state index in [1.54, 1.807) is 32.7 Å². The van der Waals surface area contributed by atoms with Crippen LogP contribution in [0.15, 0.2) is 84.5 Å². The predicted octanol–water partition coefficient (Wildman–Crippen LogP) is 4.46. The van der Waals surface area contributed by atoms with Crippen LogP contribution in [0, 0.1) is 11.8 Å². The Labute approximate surface area is 181 Å². The number of ether oxygens (including phenoxy) is 3. The third-order valence-electron chi connectivity index (χ3n) is 5.29. The van der Waals surface area contributed by atoms with E-state index >= 15 is 0 Å². The largest absolute Gasteiger partial charge is 0.493 e. The van der Waals surface area contributed by atoms with Crippen molar-refractivity contribution in [1.29, 1.82) is 0 Å². The summed E-state index contributed by atoms with van der Waals surface area (Å²) in [6.07, 6.45) is 16.9. The summed E-state index contributed by atoms with van der Waals surface area (Å²) < 4.78 is 17.0. The number of hydrogen-bond donors (Lipinski definition) is 1. The van der Waals surface area contributed by atoms with Crippen molar-refractivity contribution in [3.05, 3.63) is 84.5 Å². The van der Waals surface area contributed by atoms with E-state index in [9.17, 15) is 4.79 Å². The summed E-state index contributed by atoms with van der Waals surface area (Å²) in [5, 5.41) is 3.63. The van der Waals surface area contributed by atoms with E-state index in [0.29, 0.717) is 23.0 Å². The molecular weight excluding hydrogens is 392 g/mol. The number of fused-ring (bicyclic) bond motifs is 2. The second-order valence-electron chi connectivity index (χ2n) is 7.15. The first-order valence-corrected chi connectivity index (χ1v) is 10.0. The van der Waals surface area contributed by atoms with Crippen LogP contribution in [0.4, 0.5) is 0 Å². The molecular formula is C25H24N2O4. The van der Waals surface area contributed by atoms with Gasteiger partial charge in [0.2, 0.25) is 5.91 Å². The van der Waals surface area contributed by atoms with Gasteiger partial charge in [-0.1, -0.05) is 30.4 Å². The molecule has 31 heavy (non-hydrogen) atoms. The monoisotopic (exact) mass is 416 g/mol. The molecule has 0 radical (unpaired) electrons. The van der Waals surface area contributed by atoms with E-state index in [2.05, 4.69) is 10.3 Å². The van der Waals surface area contributed by atoms with Gasteiger partial charge in [-0.3, -0.25) is 9.78 Å². The third kappa shape index (κ3) is 4.10. The van der Waals surface area contributed by atoms with Crippen LogP contribution in [0.1, 0.15) is 6.92 Å². The lowest BCUT2D eigenvalue weighted by Crippen LogP contribution is -2.32. The first-order chi connectivity index (χ1) is 15.1. The van der Waals surface area contributed by atoms with E-state index in [1.165, 1.54) is 0 Å². The van der Waals surface area contributed by atoms with E-state index in [4.69, 9.17) is 14.2 Å². The van der Waals surface area contributed by atoms with Gasteiger partial charge in [0.05, 0.1) is 25.7 Å². The Balaban J connectivity index is 1.60. The van der Waals surface area contributed by atoms with Gasteiger partial charge in [-0.2, -0.15) is 0 Å². The summed E-state index contributed by atoms with van der Waals surface area (Å²) in [4.78, 5) is 16.9. The molecule has 6 nitrogen and oxygen atoms in total. The van der Waals surface area contributed by atoms with Gasteiger partial charge in [-0.05, 0) is 43.0 Å². The number of carbonyl (C=O) groups excluding carboxylic acids is 1. The fraction of sp³-hybridized carbons (Fsp3) is 0.200. The van der Waals surface area contributed by atoms with Crippen molar-refractivity contribution < 1.29 is 19.0 Å². The number of hydrogen-bond acceptors (Lipinski definition) is 5. The Morgan fingerprint density at radius 2 is 1.94 bits per heavy atom. The number of rotatable bonds is 6. The quantitative estimate of drug-likeness (QED) is 0.753. The van der Waals surface area contributed by atoms with Crippen LogP contribution in [0.2, 0.25) is 0 Å². The molecule has 4 rings (SSSR count). The number of methoxy groups -OCH3 is 2. The van der Waals surface area contributed by atoms with E-state index in [0.717, 1.165) is 16.5 Å². The SMILES string of the molecule is C/C=C\NC(=O)C1C=CC=C2C=C(Oc3ccnc4cc(OC)c(OC)cc34)C=CC21. The second kappa shape index (κ2) is 8.92. The number of allylic oxidation sites excluding steroid dienone is 7. The molecule has 1 aromatic heterocycles. The van der Waals surface area contributed by atoms with Crippen LogP contribution in [0.5, 0.6) is 17.2 Å². The number of amides is 1. The van der Waals surface area contributed by atoms with Gasteiger partial charge >= 0.3 is 0 Å². The Hall–Kier alpha value is -3.80. The van der Waals surface area contributed by atoms with Gasteiger partial charge in [0.15, 0.2) is 11.5 Å². The van der Waals surface area contributed by atoms with Gasteiger partial charge in [-0.25, -0.2) is 0 Å². The maximum Gasteiger partial charge on any atom is 0.231 e. The summed E-state index contributed by atoms with van der Waals surface area (Å²) in [5.41, 5.74) is 1.77. The number of benzene rings is 1. The predicted molar refractivity (Wildman–Crippen MR) is 120 cm³/mol. The minimum absolute atomic E-state index is 0.0267. The lowest BCUT2D eigenvalue weighted by Gasteiger charge is -2.27. The van der Waals surface area contributed by atoms with Crippen molar-refractivity contribution in [3.8, 4) is 17.2 Å². The Morgan fingerprint density at radius 3 is 2.71 bits per heavy atom. The van der Waals surface area contributed by atoms with Crippen molar-refractivity contribution in [2.45, 2.75) is 6.92 Å². The molecule has 158 valence electrons. The van der Waals surface area contributed by atoms with Gasteiger partial charge < -0.3 is 19.5 Å². The summed E-state index contributed by atoms with van der Waals surface area (Å²) in [5.74, 6) is 2.25. The van der Waals surface area contributed by atoms with Crippen molar-refractivity contribution >= 4 is 16.8 Å². The highest BCUT2D eigenvalue weighted by Crippen LogP contribution is 2.37. The number of carbonyl (C=O) groups is 1. The zero-order valence-electron chi connectivity index (χ0n) is 17.7. The van der Waals surface area contributed by atoms with E-state index in [1.807, 2.05) is 61.6 Å². The smallest absolute Gasteiger partial charge is 0.231 e. The van der Waals surface area contributed by atoms with Crippen molar-refractivity contribution in [2.24, 2.45) is 11.8 Å². The Morgan fingerprint density at radius 1 is 1.13 bits per heavy atom. The zero-order chi connectivity index (χ0) is 21.8. The van der Waals surface area contributed by atoms with Crippen molar-refractivity contribution in [3.63, 3.8) is 0 Å². The number of nitrogens with zero attached hydrogens (tertiary/aromatic N) is 1. The molecule has 0 saturated heterocycles. The first kappa shape index (κ1) is 20.5. The summed E-state index contributed by atoms with van der Waals surface area (Å²) in [6, 6.07) is 5.50. The normalized spacial score (nSPS) is 19.6. The summed E-state index contributed by atoms with van der Waals surface area (Å²) in [6.45, 7) is 1.86. The molecule has 1 heterocycles. The summed E-state index contributed by atoms with van der Waals surface area (Å²) in [7, 11) is 3.19. The van der Waals surface area contributed by atoms with Crippen LogP contribution in [-0.2, 0) is 4.79 Å². The standard InChI is InChI=1S/C25H24N2O4/c1-4-11-27-25(28)19-7-5-6-16-13-17(8-9-18(16)19)31-22-10-12-26-21-15-24(30-3)23(29-2)14-20(21)22/h4-15,18-19H,1-3H3,(H,27,28)/b11-4-. The lowest BCUT2D eigenvalue weighted by atomic mass is 9.79. The molecule has 0 bridgehead atoms. The second-order valence-corrected chi connectivity index (χ2v) is 7.15. The lowest BCUT2D eigenvalue weighted by molar-refractivity contribution is -0.123. The number of nitrogens with one attached hydrogen (secondary N) is 1. The number of pyridine rings is 1. The fourth-order valence-corrected chi connectivity index (χ4v) is 3.75. The minimum Gasteiger partial charge on any atom is -0.493 e. The van der Waals surface area contributed by atoms with Gasteiger partial charge in [-0.15, -0.1) is 0 Å². The molecule has 0 aliphatic heterocycles. The fourth-order valence-electron chi connectivity index (χ4n) is 3.75. The Kier molecular flexibility index (Phi) is 5.89. The molecule has 0 saturated carbocycles. The maximum absolute atomic E-state index is 12.5. The first-order valence-electron chi connectivity index (χ1n) is 10.0. The van der Waals surface area contributed by atoms with Gasteiger partial charge in [0, 0.05) is 23.6 Å². The molecule has 1 N–H and O–H groups in total. The molecule has 2 aromatic rings. The molecule has 1 aromatic carbocycles. The van der Waals surface area contributed by atoms with Crippen LogP contribution >= 0.6 is 0 Å². The molecule has 2 atom stereocenters. The molecule has 0 spiro atoms. The molecule has 1 amide bonds. The minimum atomic E-state index is -0.260. The number of aromatic nitrogens is 1. The van der Waals surface area contributed by atoms with Gasteiger partial charge in [0.1, 0.15) is 11.5 Å². The molecule has 6 heteroatoms. The molecule has 2 aliphatic carbocycles. The van der Waals surface area contributed by atoms with Crippen molar-refractivity contribution in [2.75, 3.05) is 14.2 Å². The maximum atomic E-state index is 12.5. The average molecular weight is 416 g/mol. The highest BCUT2D eigenvalue weighted by molar-refractivity contribution is 5.88. The third-order valence-corrected chi connectivity index (χ3v) is 5.29. The van der Waals surface area contributed by atoms with Crippen molar-refractivity contribution in [1.82, 2.24) is 10.3 Å². The van der Waals surface area contributed by atoms with Crippen LogP contribution in [0.3, 0.4) is 0 Å². The highest BCUT2D eigenvalue weighted by atomic mass is 16.5. The van der Waals surface area contributed by atoms with Crippen LogP contribution in [0.25, 0.3) is 10.9 Å². The van der Waals surface area contributed by atoms with E-state index < -0.39 is 0 Å². The summed E-state index contributed by atoms with van der Waals surface area (Å²) >= 11 is 0. The zero-order valence-corrected chi connectivity index (χ0v) is 17.7. The molecule has 2 unspecified atom stereocenters. The van der Waals surface area contributed by atoms with Gasteiger partial charge in [0.25, 0.3) is 0 Å². The molecule has 2 aliphatic rings. The Bertz CT molecular complexity index is 1160. The average Bonchev–Trinajstić information content (AvgIpc) is 2.81. The molecule has 0 fully saturated rings. The van der Waals surface area contributed by atoms with Crippen LogP contribution < -0.4 is 19.5 Å².